The lowest BCUT2D eigenvalue weighted by Crippen LogP contribution is -2.51. The standard InChI is InChI=1S/C24H31N7O/c1-3-14-31(22-13-8-15-30(18-22)17-19-9-5-4-6-10-19)24(32)25-21-12-7-11-20(16-21)23-26-27-28-29(23)2/h4-7,9-12,16,22H,3,8,13-15,17-18H2,1-2H3,(H,25,32)/t22-/m0/s1. The molecule has 2 aromatic carbocycles. The molecule has 8 heteroatoms. The van der Waals surface area contributed by atoms with Gasteiger partial charge in [-0.05, 0) is 53.9 Å². The van der Waals surface area contributed by atoms with Gasteiger partial charge in [0.1, 0.15) is 0 Å². The monoisotopic (exact) mass is 433 g/mol. The molecule has 32 heavy (non-hydrogen) atoms. The Morgan fingerprint density at radius 1 is 1.19 bits per heavy atom. The highest BCUT2D eigenvalue weighted by Gasteiger charge is 2.28. The van der Waals surface area contributed by atoms with Gasteiger partial charge in [-0.1, -0.05) is 49.4 Å². The van der Waals surface area contributed by atoms with Gasteiger partial charge in [-0.2, -0.15) is 0 Å². The summed E-state index contributed by atoms with van der Waals surface area (Å²) in [6, 6.07) is 18.4. The van der Waals surface area contributed by atoms with Crippen LogP contribution in [-0.4, -0.2) is 61.7 Å². The van der Waals surface area contributed by atoms with Gasteiger partial charge in [0.15, 0.2) is 5.82 Å². The van der Waals surface area contributed by atoms with Gasteiger partial charge in [-0.3, -0.25) is 4.90 Å². The summed E-state index contributed by atoms with van der Waals surface area (Å²) in [5.74, 6) is 0.662. The number of hydrogen-bond donors (Lipinski definition) is 1. The minimum atomic E-state index is -0.0494. The fourth-order valence-corrected chi connectivity index (χ4v) is 4.37. The lowest BCUT2D eigenvalue weighted by molar-refractivity contribution is 0.113. The first kappa shape index (κ1) is 22.0. The van der Waals surface area contributed by atoms with Crippen LogP contribution in [0.25, 0.3) is 11.4 Å². The number of urea groups is 1. The average Bonchev–Trinajstić information content (AvgIpc) is 3.24. The third-order valence-electron chi connectivity index (χ3n) is 5.89. The van der Waals surface area contributed by atoms with Crippen LogP contribution in [0.15, 0.2) is 54.6 Å². The summed E-state index contributed by atoms with van der Waals surface area (Å²) in [4.78, 5) is 17.7. The van der Waals surface area contributed by atoms with E-state index in [1.807, 2.05) is 35.2 Å². The Morgan fingerprint density at radius 2 is 2.03 bits per heavy atom. The number of aryl methyl sites for hydroxylation is 1. The summed E-state index contributed by atoms with van der Waals surface area (Å²) >= 11 is 0. The summed E-state index contributed by atoms with van der Waals surface area (Å²) in [6.07, 6.45) is 3.05. The van der Waals surface area contributed by atoms with E-state index in [-0.39, 0.29) is 12.1 Å². The maximum absolute atomic E-state index is 13.3. The molecule has 1 saturated heterocycles. The van der Waals surface area contributed by atoms with E-state index in [0.717, 1.165) is 56.7 Å². The van der Waals surface area contributed by atoms with E-state index >= 15 is 0 Å². The number of hydrogen-bond acceptors (Lipinski definition) is 5. The topological polar surface area (TPSA) is 79.2 Å². The minimum Gasteiger partial charge on any atom is -0.320 e. The van der Waals surface area contributed by atoms with Crippen LogP contribution in [0.5, 0.6) is 0 Å². The van der Waals surface area contributed by atoms with Gasteiger partial charge in [0.2, 0.25) is 0 Å². The quantitative estimate of drug-likeness (QED) is 0.613. The highest BCUT2D eigenvalue weighted by atomic mass is 16.2. The lowest BCUT2D eigenvalue weighted by atomic mass is 10.0. The number of carbonyl (C=O) groups is 1. The highest BCUT2D eigenvalue weighted by Crippen LogP contribution is 2.22. The summed E-state index contributed by atoms with van der Waals surface area (Å²) < 4.78 is 1.62. The molecule has 1 N–H and O–H groups in total. The lowest BCUT2D eigenvalue weighted by Gasteiger charge is -2.39. The molecule has 8 nitrogen and oxygen atoms in total. The number of carbonyl (C=O) groups excluding carboxylic acids is 1. The van der Waals surface area contributed by atoms with E-state index in [1.165, 1.54) is 5.56 Å². The van der Waals surface area contributed by atoms with E-state index in [4.69, 9.17) is 0 Å². The van der Waals surface area contributed by atoms with Crippen LogP contribution < -0.4 is 5.32 Å². The second-order valence-electron chi connectivity index (χ2n) is 8.35. The van der Waals surface area contributed by atoms with Crippen molar-refractivity contribution in [3.05, 3.63) is 60.2 Å². The molecule has 4 rings (SSSR count). The first-order valence-electron chi connectivity index (χ1n) is 11.3. The Hall–Kier alpha value is -3.26. The first-order chi connectivity index (χ1) is 15.6. The Balaban J connectivity index is 1.44. The zero-order valence-electron chi connectivity index (χ0n) is 18.8. The van der Waals surface area contributed by atoms with Crippen molar-refractivity contribution in [1.82, 2.24) is 30.0 Å². The van der Waals surface area contributed by atoms with Crippen molar-refractivity contribution in [2.45, 2.75) is 38.8 Å². The summed E-state index contributed by atoms with van der Waals surface area (Å²) in [5, 5.41) is 14.8. The first-order valence-corrected chi connectivity index (χ1v) is 11.3. The molecule has 0 aliphatic carbocycles. The van der Waals surface area contributed by atoms with Gasteiger partial charge in [-0.15, -0.1) is 5.10 Å². The van der Waals surface area contributed by atoms with Gasteiger partial charge < -0.3 is 10.2 Å². The predicted molar refractivity (Wildman–Crippen MR) is 125 cm³/mol. The smallest absolute Gasteiger partial charge is 0.320 e. The number of benzene rings is 2. The molecule has 0 bridgehead atoms. The van der Waals surface area contributed by atoms with E-state index in [1.54, 1.807) is 11.7 Å². The molecular weight excluding hydrogens is 402 g/mol. The van der Waals surface area contributed by atoms with E-state index in [9.17, 15) is 4.79 Å². The number of piperidine rings is 1. The van der Waals surface area contributed by atoms with Crippen LogP contribution >= 0.6 is 0 Å². The Kier molecular flexibility index (Phi) is 7.11. The molecule has 1 atom stereocenters. The number of tetrazole rings is 1. The van der Waals surface area contributed by atoms with Crippen molar-refractivity contribution in [3.63, 3.8) is 0 Å². The summed E-state index contributed by atoms with van der Waals surface area (Å²) in [5.41, 5.74) is 2.92. The zero-order valence-corrected chi connectivity index (χ0v) is 18.8. The average molecular weight is 434 g/mol. The van der Waals surface area contributed by atoms with Crippen LogP contribution in [0.4, 0.5) is 10.5 Å². The molecule has 2 amide bonds. The number of rotatable bonds is 7. The maximum Gasteiger partial charge on any atom is 0.322 e. The number of amides is 2. The fourth-order valence-electron chi connectivity index (χ4n) is 4.37. The fraction of sp³-hybridized carbons (Fsp3) is 0.417. The number of likely N-dealkylation sites (tertiary alicyclic amines) is 1. The van der Waals surface area contributed by atoms with Gasteiger partial charge in [0.05, 0.1) is 0 Å². The van der Waals surface area contributed by atoms with Crippen molar-refractivity contribution < 1.29 is 4.79 Å². The van der Waals surface area contributed by atoms with Crippen molar-refractivity contribution in [2.75, 3.05) is 25.0 Å². The largest absolute Gasteiger partial charge is 0.322 e. The maximum atomic E-state index is 13.3. The second-order valence-corrected chi connectivity index (χ2v) is 8.35. The molecule has 0 radical (unpaired) electrons. The Labute approximate surface area is 189 Å². The highest BCUT2D eigenvalue weighted by molar-refractivity contribution is 5.90. The molecule has 0 unspecified atom stereocenters. The van der Waals surface area contributed by atoms with Crippen molar-refractivity contribution in [3.8, 4) is 11.4 Å². The number of nitrogens with zero attached hydrogens (tertiary/aromatic N) is 6. The van der Waals surface area contributed by atoms with E-state index in [2.05, 4.69) is 56.9 Å². The van der Waals surface area contributed by atoms with Crippen molar-refractivity contribution in [2.24, 2.45) is 7.05 Å². The van der Waals surface area contributed by atoms with E-state index < -0.39 is 0 Å². The number of nitrogens with one attached hydrogen (secondary N) is 1. The molecule has 0 spiro atoms. The molecule has 0 saturated carbocycles. The molecule has 2 heterocycles. The Bertz CT molecular complexity index is 1020. The summed E-state index contributed by atoms with van der Waals surface area (Å²) in [7, 11) is 1.80. The van der Waals surface area contributed by atoms with Gasteiger partial charge in [-0.25, -0.2) is 9.48 Å². The van der Waals surface area contributed by atoms with Crippen molar-refractivity contribution >= 4 is 11.7 Å². The normalized spacial score (nSPS) is 16.6. The third kappa shape index (κ3) is 5.31. The molecule has 1 aliphatic rings. The summed E-state index contributed by atoms with van der Waals surface area (Å²) in [6.45, 7) is 5.75. The molecule has 1 aliphatic heterocycles. The molecular formula is C24H31N7O. The molecule has 3 aromatic rings. The predicted octanol–water partition coefficient (Wildman–Crippen LogP) is 3.79. The van der Waals surface area contributed by atoms with Gasteiger partial charge in [0, 0.05) is 44.0 Å². The third-order valence-corrected chi connectivity index (χ3v) is 5.89. The van der Waals surface area contributed by atoms with Crippen LogP contribution in [0.3, 0.4) is 0 Å². The number of aromatic nitrogens is 4. The van der Waals surface area contributed by atoms with Crippen LogP contribution in [0, 0.1) is 0 Å². The second kappa shape index (κ2) is 10.4. The number of anilines is 1. The van der Waals surface area contributed by atoms with Crippen LogP contribution in [-0.2, 0) is 13.6 Å². The van der Waals surface area contributed by atoms with Gasteiger partial charge >= 0.3 is 6.03 Å². The van der Waals surface area contributed by atoms with Crippen molar-refractivity contribution in [1.29, 1.82) is 0 Å². The van der Waals surface area contributed by atoms with Crippen LogP contribution in [0.2, 0.25) is 0 Å². The van der Waals surface area contributed by atoms with Gasteiger partial charge in [0.25, 0.3) is 0 Å². The minimum absolute atomic E-state index is 0.0494. The zero-order chi connectivity index (χ0) is 22.3. The van der Waals surface area contributed by atoms with E-state index in [0.29, 0.717) is 5.82 Å². The molecule has 1 aromatic heterocycles. The molecule has 1 fully saturated rings. The SMILES string of the molecule is CCCN(C(=O)Nc1cccc(-c2nnnn2C)c1)[C@H]1CCCN(Cc2ccccc2)C1. The van der Waals surface area contributed by atoms with Crippen LogP contribution in [0.1, 0.15) is 31.7 Å². The Morgan fingerprint density at radius 3 is 2.78 bits per heavy atom. The molecule has 168 valence electrons.